The highest BCUT2D eigenvalue weighted by atomic mass is 16.2. The van der Waals surface area contributed by atoms with Gasteiger partial charge in [-0.15, -0.1) is 0 Å². The molecular weight excluding hydrogens is 296 g/mol. The van der Waals surface area contributed by atoms with Crippen LogP contribution in [-0.2, 0) is 11.8 Å². The molecule has 0 saturated carbocycles. The summed E-state index contributed by atoms with van der Waals surface area (Å²) in [5.74, 6) is 0. The average Bonchev–Trinajstić information content (AvgIpc) is 2.59. The minimum atomic E-state index is -0.0346. The lowest BCUT2D eigenvalue weighted by molar-refractivity contribution is 0.253. The third-order valence-corrected chi connectivity index (χ3v) is 4.38. The highest BCUT2D eigenvalue weighted by Crippen LogP contribution is 2.32. The molecule has 0 unspecified atom stereocenters. The van der Waals surface area contributed by atoms with Crippen molar-refractivity contribution in [2.75, 3.05) is 23.9 Å². The molecule has 0 aliphatic carbocycles. The minimum Gasteiger partial charge on any atom is -0.297 e. The summed E-state index contributed by atoms with van der Waals surface area (Å²) < 4.78 is 0. The molecule has 0 bridgehead atoms. The highest BCUT2D eigenvalue weighted by Gasteiger charge is 2.24. The zero-order chi connectivity index (χ0) is 17.9. The van der Waals surface area contributed by atoms with Gasteiger partial charge in [-0.1, -0.05) is 64.1 Å². The Morgan fingerprint density at radius 1 is 0.875 bits per heavy atom. The summed E-state index contributed by atoms with van der Waals surface area (Å²) in [5, 5.41) is 0. The first-order chi connectivity index (χ1) is 11.3. The van der Waals surface area contributed by atoms with Gasteiger partial charge in [0.2, 0.25) is 0 Å². The van der Waals surface area contributed by atoms with Crippen LogP contribution in [0.2, 0.25) is 0 Å². The van der Waals surface area contributed by atoms with Crippen LogP contribution >= 0.6 is 0 Å². The number of urea groups is 1. The van der Waals surface area contributed by atoms with E-state index in [2.05, 4.69) is 39.8 Å². The van der Waals surface area contributed by atoms with Crippen molar-refractivity contribution in [3.8, 4) is 0 Å². The molecule has 0 saturated heterocycles. The summed E-state index contributed by atoms with van der Waals surface area (Å²) in [5.41, 5.74) is 4.23. The Bertz CT molecular complexity index is 716. The first kappa shape index (κ1) is 18.1. The number of carbonyl (C=O) groups excluding carboxylic acids is 1. The van der Waals surface area contributed by atoms with E-state index in [9.17, 15) is 4.79 Å². The second-order valence-corrected chi connectivity index (χ2v) is 7.15. The van der Waals surface area contributed by atoms with E-state index in [0.29, 0.717) is 0 Å². The molecule has 2 aromatic rings. The van der Waals surface area contributed by atoms with Crippen molar-refractivity contribution in [3.05, 3.63) is 59.7 Å². The first-order valence-electron chi connectivity index (χ1n) is 8.46. The molecule has 0 aliphatic rings. The number of nitrogens with zero attached hydrogens (tertiary/aromatic N) is 2. The van der Waals surface area contributed by atoms with Gasteiger partial charge in [0.1, 0.15) is 0 Å². The van der Waals surface area contributed by atoms with Crippen molar-refractivity contribution in [1.29, 1.82) is 0 Å². The quantitative estimate of drug-likeness (QED) is 0.757. The van der Waals surface area contributed by atoms with E-state index in [1.807, 2.05) is 50.5 Å². The van der Waals surface area contributed by atoms with Crippen molar-refractivity contribution in [2.24, 2.45) is 0 Å². The molecular formula is C21H28N2O. The lowest BCUT2D eigenvalue weighted by Crippen LogP contribution is -2.40. The Labute approximate surface area is 145 Å². The van der Waals surface area contributed by atoms with Crippen LogP contribution in [-0.4, -0.2) is 20.1 Å². The van der Waals surface area contributed by atoms with Gasteiger partial charge in [-0.05, 0) is 35.1 Å². The van der Waals surface area contributed by atoms with Crippen LogP contribution < -0.4 is 9.80 Å². The zero-order valence-electron chi connectivity index (χ0n) is 15.6. The molecule has 128 valence electrons. The Kier molecular flexibility index (Phi) is 5.33. The lowest BCUT2D eigenvalue weighted by Gasteiger charge is -2.31. The van der Waals surface area contributed by atoms with Crippen LogP contribution in [0.5, 0.6) is 0 Å². The maximum absolute atomic E-state index is 13.0. The molecule has 0 N–H and O–H groups in total. The first-order valence-corrected chi connectivity index (χ1v) is 8.46. The Balaban J connectivity index is 2.37. The number of hydrogen-bond acceptors (Lipinski definition) is 1. The molecule has 3 heteroatoms. The molecule has 0 radical (unpaired) electrons. The summed E-state index contributed by atoms with van der Waals surface area (Å²) in [4.78, 5) is 16.5. The van der Waals surface area contributed by atoms with Crippen LogP contribution in [0.4, 0.5) is 16.2 Å². The van der Waals surface area contributed by atoms with Gasteiger partial charge < -0.3 is 0 Å². The van der Waals surface area contributed by atoms with Gasteiger partial charge in [0, 0.05) is 25.5 Å². The number of carbonyl (C=O) groups is 1. The van der Waals surface area contributed by atoms with Crippen molar-refractivity contribution in [2.45, 2.75) is 39.5 Å². The third kappa shape index (κ3) is 3.61. The molecule has 0 heterocycles. The molecule has 0 spiro atoms. The Hall–Kier alpha value is -2.29. The monoisotopic (exact) mass is 324 g/mol. The van der Waals surface area contributed by atoms with Crippen molar-refractivity contribution in [3.63, 3.8) is 0 Å². The van der Waals surface area contributed by atoms with Crippen LogP contribution in [0.1, 0.15) is 38.8 Å². The number of amides is 2. The number of benzene rings is 2. The average molecular weight is 324 g/mol. The van der Waals surface area contributed by atoms with E-state index in [4.69, 9.17) is 0 Å². The van der Waals surface area contributed by atoms with Crippen molar-refractivity contribution >= 4 is 17.4 Å². The second-order valence-electron chi connectivity index (χ2n) is 7.15. The van der Waals surface area contributed by atoms with E-state index in [1.165, 1.54) is 5.56 Å². The molecule has 2 amide bonds. The molecule has 0 atom stereocenters. The maximum Gasteiger partial charge on any atom is 0.328 e. The SMILES string of the molecule is CCc1ccccc1N(C)C(=O)N(C)c1ccccc1C(C)(C)C. The Morgan fingerprint density at radius 3 is 1.96 bits per heavy atom. The predicted octanol–water partition coefficient (Wildman–Crippen LogP) is 5.24. The number of rotatable bonds is 3. The highest BCUT2D eigenvalue weighted by molar-refractivity contribution is 6.03. The smallest absolute Gasteiger partial charge is 0.297 e. The molecule has 0 aliphatic heterocycles. The third-order valence-electron chi connectivity index (χ3n) is 4.38. The van der Waals surface area contributed by atoms with Crippen LogP contribution in [0, 0.1) is 0 Å². The zero-order valence-corrected chi connectivity index (χ0v) is 15.6. The molecule has 24 heavy (non-hydrogen) atoms. The van der Waals surface area contributed by atoms with E-state index in [1.54, 1.807) is 9.80 Å². The lowest BCUT2D eigenvalue weighted by atomic mass is 9.85. The molecule has 3 nitrogen and oxygen atoms in total. The van der Waals surface area contributed by atoms with Gasteiger partial charge in [0.05, 0.1) is 0 Å². The largest absolute Gasteiger partial charge is 0.328 e. The molecule has 2 rings (SSSR count). The van der Waals surface area contributed by atoms with Gasteiger partial charge in [-0.2, -0.15) is 0 Å². The number of hydrogen-bond donors (Lipinski definition) is 0. The van der Waals surface area contributed by atoms with Gasteiger partial charge in [0.15, 0.2) is 0 Å². The van der Waals surface area contributed by atoms with E-state index < -0.39 is 0 Å². The summed E-state index contributed by atoms with van der Waals surface area (Å²) >= 11 is 0. The van der Waals surface area contributed by atoms with E-state index in [0.717, 1.165) is 23.4 Å². The molecule has 2 aromatic carbocycles. The van der Waals surface area contributed by atoms with Crippen LogP contribution in [0.25, 0.3) is 0 Å². The second kappa shape index (κ2) is 7.08. The normalized spacial score (nSPS) is 11.2. The van der Waals surface area contributed by atoms with Gasteiger partial charge in [0.25, 0.3) is 0 Å². The Morgan fingerprint density at radius 2 is 1.38 bits per heavy atom. The fourth-order valence-electron chi connectivity index (χ4n) is 2.97. The van der Waals surface area contributed by atoms with Gasteiger partial charge in [-0.25, -0.2) is 4.79 Å². The van der Waals surface area contributed by atoms with E-state index >= 15 is 0 Å². The fourth-order valence-corrected chi connectivity index (χ4v) is 2.97. The van der Waals surface area contributed by atoms with Crippen molar-refractivity contribution in [1.82, 2.24) is 0 Å². The predicted molar refractivity (Wildman–Crippen MR) is 103 cm³/mol. The standard InChI is InChI=1S/C21H28N2O/c1-7-16-12-8-10-14-18(16)22(5)20(24)23(6)19-15-11-9-13-17(19)21(2,3)4/h8-15H,7H2,1-6H3. The molecule has 0 fully saturated rings. The van der Waals surface area contributed by atoms with Crippen molar-refractivity contribution < 1.29 is 4.79 Å². The fraction of sp³-hybridized carbons (Fsp3) is 0.381. The summed E-state index contributed by atoms with van der Waals surface area (Å²) in [6.45, 7) is 8.61. The topological polar surface area (TPSA) is 23.6 Å². The number of para-hydroxylation sites is 2. The van der Waals surface area contributed by atoms with Gasteiger partial charge >= 0.3 is 6.03 Å². The summed E-state index contributed by atoms with van der Waals surface area (Å²) in [6, 6.07) is 16.1. The summed E-state index contributed by atoms with van der Waals surface area (Å²) in [6.07, 6.45) is 0.899. The molecule has 0 aromatic heterocycles. The number of aryl methyl sites for hydroxylation is 1. The van der Waals surface area contributed by atoms with Gasteiger partial charge in [-0.3, -0.25) is 9.80 Å². The maximum atomic E-state index is 13.0. The van der Waals surface area contributed by atoms with Crippen LogP contribution in [0.3, 0.4) is 0 Å². The number of anilines is 2. The van der Waals surface area contributed by atoms with E-state index in [-0.39, 0.29) is 11.4 Å². The van der Waals surface area contributed by atoms with Crippen LogP contribution in [0.15, 0.2) is 48.5 Å². The summed E-state index contributed by atoms with van der Waals surface area (Å²) in [7, 11) is 3.69. The minimum absolute atomic E-state index is 0.0228.